The van der Waals surface area contributed by atoms with Gasteiger partial charge in [-0.05, 0) is 35.0 Å². The average molecular weight is 308 g/mol. The minimum absolute atomic E-state index is 0.153. The van der Waals surface area contributed by atoms with Gasteiger partial charge in [0.05, 0.1) is 5.92 Å². The van der Waals surface area contributed by atoms with E-state index in [0.29, 0.717) is 0 Å². The molecule has 0 fully saturated rings. The van der Waals surface area contributed by atoms with E-state index in [1.54, 1.807) is 22.7 Å². The van der Waals surface area contributed by atoms with Crippen LogP contribution in [0.1, 0.15) is 15.7 Å². The lowest BCUT2D eigenvalue weighted by molar-refractivity contribution is -0.108. The molecule has 0 unspecified atom stereocenters. The second-order valence-electron chi connectivity index (χ2n) is 4.99. The van der Waals surface area contributed by atoms with Crippen molar-refractivity contribution >= 4 is 49.1 Å². The molecule has 4 rings (SSSR count). The zero-order chi connectivity index (χ0) is 14.2. The van der Waals surface area contributed by atoms with Crippen molar-refractivity contribution in [1.29, 1.82) is 0 Å². The molecule has 2 aromatic heterocycles. The average Bonchev–Trinajstić information content (AvgIpc) is 3.11. The summed E-state index contributed by atoms with van der Waals surface area (Å²) in [7, 11) is 0. The maximum atomic E-state index is 11.7. The molecule has 1 nitrogen and oxygen atoms in total. The van der Waals surface area contributed by atoms with Gasteiger partial charge in [0.1, 0.15) is 6.29 Å². The van der Waals surface area contributed by atoms with Crippen LogP contribution in [0.25, 0.3) is 20.2 Å². The molecular formula is C18H12OS2. The number of carbonyl (C=O) groups excluding carboxylic acids is 1. The summed E-state index contributed by atoms with van der Waals surface area (Å²) in [6.07, 6.45) is 1.06. The third-order valence-corrected chi connectivity index (χ3v) is 6.04. The predicted octanol–water partition coefficient (Wildman–Crippen LogP) is 5.45. The highest BCUT2D eigenvalue weighted by atomic mass is 32.1. The molecule has 0 saturated heterocycles. The van der Waals surface area contributed by atoms with Crippen molar-refractivity contribution in [3.63, 3.8) is 0 Å². The maximum Gasteiger partial charge on any atom is 0.133 e. The SMILES string of the molecule is O=CC(c1cc2ccccc2s1)c1cc2ccccc2s1. The Balaban J connectivity index is 1.84. The number of aldehydes is 1. The summed E-state index contributed by atoms with van der Waals surface area (Å²) in [5.41, 5.74) is 0. The lowest BCUT2D eigenvalue weighted by atomic mass is 10.1. The van der Waals surface area contributed by atoms with Crippen LogP contribution in [0.15, 0.2) is 60.7 Å². The molecule has 0 amide bonds. The van der Waals surface area contributed by atoms with E-state index in [-0.39, 0.29) is 5.92 Å². The quantitative estimate of drug-likeness (QED) is 0.460. The fourth-order valence-electron chi connectivity index (χ4n) is 2.59. The molecule has 0 N–H and O–H groups in total. The topological polar surface area (TPSA) is 17.1 Å². The van der Waals surface area contributed by atoms with Crippen molar-refractivity contribution in [1.82, 2.24) is 0 Å². The van der Waals surface area contributed by atoms with Gasteiger partial charge in [0.2, 0.25) is 0 Å². The maximum absolute atomic E-state index is 11.7. The largest absolute Gasteiger partial charge is 0.302 e. The molecule has 102 valence electrons. The van der Waals surface area contributed by atoms with Crippen molar-refractivity contribution in [2.24, 2.45) is 0 Å². The van der Waals surface area contributed by atoms with Gasteiger partial charge in [-0.2, -0.15) is 0 Å². The van der Waals surface area contributed by atoms with Crippen LogP contribution in [-0.4, -0.2) is 6.29 Å². The minimum Gasteiger partial charge on any atom is -0.302 e. The molecule has 21 heavy (non-hydrogen) atoms. The lowest BCUT2D eigenvalue weighted by Crippen LogP contribution is -1.96. The molecule has 0 aliphatic heterocycles. The molecule has 3 heteroatoms. The van der Waals surface area contributed by atoms with Crippen molar-refractivity contribution in [2.75, 3.05) is 0 Å². The molecule has 2 aromatic carbocycles. The Labute approximate surface area is 130 Å². The molecule has 0 aliphatic rings. The number of thiophene rings is 2. The third kappa shape index (κ3) is 2.19. The number of rotatable bonds is 3. The Kier molecular flexibility index (Phi) is 3.09. The first-order valence-electron chi connectivity index (χ1n) is 6.77. The van der Waals surface area contributed by atoms with E-state index in [1.807, 2.05) is 24.3 Å². The van der Waals surface area contributed by atoms with E-state index in [1.165, 1.54) is 20.2 Å². The number of benzene rings is 2. The highest BCUT2D eigenvalue weighted by Crippen LogP contribution is 2.38. The normalized spacial score (nSPS) is 11.5. The highest BCUT2D eigenvalue weighted by molar-refractivity contribution is 7.20. The first-order chi connectivity index (χ1) is 10.3. The van der Waals surface area contributed by atoms with Gasteiger partial charge in [-0.1, -0.05) is 36.4 Å². The number of carbonyl (C=O) groups is 1. The first kappa shape index (κ1) is 12.7. The Hall–Kier alpha value is -1.97. The van der Waals surface area contributed by atoms with Crippen molar-refractivity contribution in [3.05, 3.63) is 70.4 Å². The Bertz CT molecular complexity index is 792. The molecule has 4 aromatic rings. The molecule has 0 saturated carbocycles. The molecule has 0 bridgehead atoms. The second kappa shape index (κ2) is 5.10. The Morgan fingerprint density at radius 1 is 0.762 bits per heavy atom. The zero-order valence-electron chi connectivity index (χ0n) is 11.2. The molecule has 0 aliphatic carbocycles. The van der Waals surface area contributed by atoms with Gasteiger partial charge in [-0.15, -0.1) is 22.7 Å². The lowest BCUT2D eigenvalue weighted by Gasteiger charge is -2.03. The first-order valence-corrected chi connectivity index (χ1v) is 8.41. The van der Waals surface area contributed by atoms with Crippen LogP contribution in [0.3, 0.4) is 0 Å². The summed E-state index contributed by atoms with van der Waals surface area (Å²) in [6, 6.07) is 20.8. The standard InChI is InChI=1S/C18H12OS2/c19-11-14(17-9-12-5-1-3-7-15(12)20-17)18-10-13-6-2-4-8-16(13)21-18/h1-11,14H. The molecule has 0 atom stereocenters. The third-order valence-electron chi connectivity index (χ3n) is 3.64. The fourth-order valence-corrected chi connectivity index (χ4v) is 4.94. The van der Waals surface area contributed by atoms with Gasteiger partial charge < -0.3 is 4.79 Å². The molecular weight excluding hydrogens is 296 g/mol. The van der Waals surface area contributed by atoms with Crippen LogP contribution >= 0.6 is 22.7 Å². The predicted molar refractivity (Wildman–Crippen MR) is 91.6 cm³/mol. The summed E-state index contributed by atoms with van der Waals surface area (Å²) in [4.78, 5) is 13.9. The summed E-state index contributed by atoms with van der Waals surface area (Å²) in [6.45, 7) is 0. The highest BCUT2D eigenvalue weighted by Gasteiger charge is 2.18. The van der Waals surface area contributed by atoms with Gasteiger partial charge in [0.15, 0.2) is 0 Å². The molecule has 2 heterocycles. The van der Waals surface area contributed by atoms with E-state index >= 15 is 0 Å². The molecule has 0 spiro atoms. The molecule has 0 radical (unpaired) electrons. The van der Waals surface area contributed by atoms with Crippen molar-refractivity contribution in [2.45, 2.75) is 5.92 Å². The number of hydrogen-bond acceptors (Lipinski definition) is 3. The van der Waals surface area contributed by atoms with Crippen LogP contribution in [0, 0.1) is 0 Å². The van der Waals surface area contributed by atoms with Crippen molar-refractivity contribution in [3.8, 4) is 0 Å². The summed E-state index contributed by atoms with van der Waals surface area (Å²) >= 11 is 3.42. The monoisotopic (exact) mass is 308 g/mol. The van der Waals surface area contributed by atoms with Gasteiger partial charge in [-0.3, -0.25) is 0 Å². The van der Waals surface area contributed by atoms with E-state index in [2.05, 4.69) is 36.4 Å². The van der Waals surface area contributed by atoms with Crippen molar-refractivity contribution < 1.29 is 4.79 Å². The van der Waals surface area contributed by atoms with E-state index in [0.717, 1.165) is 16.0 Å². The zero-order valence-corrected chi connectivity index (χ0v) is 12.8. The fraction of sp³-hybridized carbons (Fsp3) is 0.0556. The van der Waals surface area contributed by atoms with E-state index in [4.69, 9.17) is 0 Å². The Morgan fingerprint density at radius 2 is 1.24 bits per heavy atom. The van der Waals surface area contributed by atoms with E-state index < -0.39 is 0 Å². The van der Waals surface area contributed by atoms with E-state index in [9.17, 15) is 4.79 Å². The Morgan fingerprint density at radius 3 is 1.67 bits per heavy atom. The van der Waals surface area contributed by atoms with Crippen LogP contribution in [-0.2, 0) is 4.79 Å². The van der Waals surface area contributed by atoms with Gasteiger partial charge >= 0.3 is 0 Å². The second-order valence-corrected chi connectivity index (χ2v) is 7.22. The van der Waals surface area contributed by atoms with Crippen LogP contribution < -0.4 is 0 Å². The summed E-state index contributed by atoms with van der Waals surface area (Å²) in [5.74, 6) is -0.153. The van der Waals surface area contributed by atoms with Crippen LogP contribution in [0.2, 0.25) is 0 Å². The minimum atomic E-state index is -0.153. The van der Waals surface area contributed by atoms with Gasteiger partial charge in [0, 0.05) is 19.2 Å². The van der Waals surface area contributed by atoms with Crippen LogP contribution in [0.5, 0.6) is 0 Å². The smallest absolute Gasteiger partial charge is 0.133 e. The number of hydrogen-bond donors (Lipinski definition) is 0. The van der Waals surface area contributed by atoms with Gasteiger partial charge in [-0.25, -0.2) is 0 Å². The van der Waals surface area contributed by atoms with Gasteiger partial charge in [0.25, 0.3) is 0 Å². The summed E-state index contributed by atoms with van der Waals surface area (Å²) in [5, 5.41) is 2.43. The van der Waals surface area contributed by atoms with Crippen LogP contribution in [0.4, 0.5) is 0 Å². The number of fused-ring (bicyclic) bond motifs is 2. The summed E-state index contributed by atoms with van der Waals surface area (Å²) < 4.78 is 2.47.